The predicted molar refractivity (Wildman–Crippen MR) is 102 cm³/mol. The highest BCUT2D eigenvalue weighted by atomic mass is 32.2. The van der Waals surface area contributed by atoms with Crippen LogP contribution in [-0.2, 0) is 10.0 Å². The van der Waals surface area contributed by atoms with Crippen molar-refractivity contribution in [2.75, 3.05) is 13.2 Å². The number of nitrogens with zero attached hydrogens (tertiary/aromatic N) is 2. The van der Waals surface area contributed by atoms with Crippen molar-refractivity contribution < 1.29 is 13.5 Å². The minimum absolute atomic E-state index is 0.0855. The number of rotatable bonds is 9. The number of benzene rings is 1. The fraction of sp³-hybridized carbons (Fsp3) is 0.278. The maximum atomic E-state index is 12.5. The second-order valence-corrected chi connectivity index (χ2v) is 8.44. The summed E-state index contributed by atoms with van der Waals surface area (Å²) < 4.78 is 29.3. The van der Waals surface area contributed by atoms with Crippen molar-refractivity contribution >= 4 is 21.4 Å². The van der Waals surface area contributed by atoms with Crippen LogP contribution in [0, 0.1) is 0 Å². The van der Waals surface area contributed by atoms with Gasteiger partial charge < -0.3 is 5.11 Å². The van der Waals surface area contributed by atoms with Crippen LogP contribution in [0.2, 0.25) is 0 Å². The van der Waals surface area contributed by atoms with E-state index in [1.165, 1.54) is 0 Å². The fourth-order valence-electron chi connectivity index (χ4n) is 2.79. The topological polar surface area (TPSA) is 84.2 Å². The highest BCUT2D eigenvalue weighted by Gasteiger charge is 2.16. The Morgan fingerprint density at radius 3 is 2.62 bits per heavy atom. The highest BCUT2D eigenvalue weighted by molar-refractivity contribution is 7.89. The van der Waals surface area contributed by atoms with E-state index in [4.69, 9.17) is 0 Å². The lowest BCUT2D eigenvalue weighted by molar-refractivity contribution is 0.273. The molecule has 3 rings (SSSR count). The van der Waals surface area contributed by atoms with Crippen LogP contribution in [-0.4, -0.2) is 36.5 Å². The lowest BCUT2D eigenvalue weighted by atomic mass is 9.95. The molecule has 0 aliphatic heterocycles. The summed E-state index contributed by atoms with van der Waals surface area (Å²) in [6, 6.07) is 10.4. The third-order valence-electron chi connectivity index (χ3n) is 4.19. The van der Waals surface area contributed by atoms with Gasteiger partial charge in [-0.1, -0.05) is 0 Å². The summed E-state index contributed by atoms with van der Waals surface area (Å²) in [5.74, 6) is 0.149. The van der Waals surface area contributed by atoms with Gasteiger partial charge in [-0.25, -0.2) is 17.8 Å². The molecule has 8 heteroatoms. The van der Waals surface area contributed by atoms with Crippen LogP contribution in [0.15, 0.2) is 64.4 Å². The first-order valence-electron chi connectivity index (χ1n) is 8.33. The average molecular weight is 392 g/mol. The molecule has 6 nitrogen and oxygen atoms in total. The lowest BCUT2D eigenvalue weighted by Crippen LogP contribution is -2.26. The summed E-state index contributed by atoms with van der Waals surface area (Å²) in [4.78, 5) is 0.225. The maximum Gasteiger partial charge on any atom is 0.240 e. The van der Waals surface area contributed by atoms with E-state index in [1.54, 1.807) is 52.7 Å². The van der Waals surface area contributed by atoms with E-state index in [0.717, 1.165) is 11.3 Å². The molecule has 138 valence electrons. The number of aromatic nitrogens is 2. The number of hydrogen-bond donors (Lipinski definition) is 2. The molecule has 2 N–H and O–H groups in total. The molecule has 26 heavy (non-hydrogen) atoms. The molecule has 2 heterocycles. The molecule has 0 amide bonds. The van der Waals surface area contributed by atoms with Gasteiger partial charge in [-0.2, -0.15) is 16.4 Å². The molecule has 0 fully saturated rings. The highest BCUT2D eigenvalue weighted by Crippen LogP contribution is 2.25. The molecule has 2 aromatic heterocycles. The Morgan fingerprint density at radius 1 is 1.19 bits per heavy atom. The number of hydrogen-bond acceptors (Lipinski definition) is 5. The largest absolute Gasteiger partial charge is 0.396 e. The molecule has 0 radical (unpaired) electrons. The van der Waals surface area contributed by atoms with E-state index in [0.29, 0.717) is 19.4 Å². The van der Waals surface area contributed by atoms with Gasteiger partial charge in [-0.05, 0) is 71.5 Å². The third kappa shape index (κ3) is 4.59. The first-order chi connectivity index (χ1) is 12.6. The first-order valence-corrected chi connectivity index (χ1v) is 10.8. The maximum absolute atomic E-state index is 12.5. The van der Waals surface area contributed by atoms with Crippen molar-refractivity contribution in [1.82, 2.24) is 14.5 Å². The number of aliphatic hydroxyl groups excluding tert-OH is 1. The van der Waals surface area contributed by atoms with Crippen molar-refractivity contribution in [3.63, 3.8) is 0 Å². The molecule has 0 saturated carbocycles. The van der Waals surface area contributed by atoms with Gasteiger partial charge in [-0.3, -0.25) is 0 Å². The van der Waals surface area contributed by atoms with Gasteiger partial charge in [0.05, 0.1) is 10.6 Å². The normalized spacial score (nSPS) is 13.0. The molecule has 1 unspecified atom stereocenters. The van der Waals surface area contributed by atoms with Crippen molar-refractivity contribution in [3.05, 3.63) is 65.1 Å². The Bertz CT molecular complexity index is 890. The molecular formula is C18H21N3O3S2. The van der Waals surface area contributed by atoms with Crippen LogP contribution in [0.3, 0.4) is 0 Å². The summed E-state index contributed by atoms with van der Waals surface area (Å²) >= 11 is 1.60. The third-order valence-corrected chi connectivity index (χ3v) is 6.37. The van der Waals surface area contributed by atoms with Gasteiger partial charge in [0.15, 0.2) is 0 Å². The van der Waals surface area contributed by atoms with Gasteiger partial charge in [0, 0.05) is 25.5 Å². The Labute approximate surface area is 157 Å². The van der Waals surface area contributed by atoms with Gasteiger partial charge >= 0.3 is 0 Å². The van der Waals surface area contributed by atoms with Gasteiger partial charge in [0.25, 0.3) is 0 Å². The number of nitrogens with one attached hydrogen (secondary N) is 1. The first kappa shape index (κ1) is 18.8. The van der Waals surface area contributed by atoms with Crippen LogP contribution in [0.4, 0.5) is 0 Å². The zero-order chi connectivity index (χ0) is 18.4. The van der Waals surface area contributed by atoms with E-state index in [1.807, 2.05) is 22.9 Å². The Kier molecular flexibility index (Phi) is 6.20. The van der Waals surface area contributed by atoms with E-state index in [-0.39, 0.29) is 17.4 Å². The Morgan fingerprint density at radius 2 is 2.00 bits per heavy atom. The van der Waals surface area contributed by atoms with Gasteiger partial charge in [0.1, 0.15) is 0 Å². The fourth-order valence-corrected chi connectivity index (χ4v) is 4.58. The van der Waals surface area contributed by atoms with Crippen LogP contribution in [0.25, 0.3) is 5.69 Å². The van der Waals surface area contributed by atoms with Crippen molar-refractivity contribution in [2.24, 2.45) is 0 Å². The SMILES string of the molecule is O=S(=O)(NCCC(CCO)c1ccsc1)c1ccc(-n2cccn2)cc1. The minimum Gasteiger partial charge on any atom is -0.396 e. The number of sulfonamides is 1. The molecule has 0 spiro atoms. The van der Waals surface area contributed by atoms with E-state index < -0.39 is 10.0 Å². The zero-order valence-electron chi connectivity index (χ0n) is 14.2. The predicted octanol–water partition coefficient (Wildman–Crippen LogP) is 2.77. The number of thiophene rings is 1. The molecule has 1 aromatic carbocycles. The summed E-state index contributed by atoms with van der Waals surface area (Å²) in [5.41, 5.74) is 1.95. The second kappa shape index (κ2) is 8.59. The zero-order valence-corrected chi connectivity index (χ0v) is 15.8. The second-order valence-electron chi connectivity index (χ2n) is 5.90. The standard InChI is InChI=1S/C18H21N3O3S2/c22-12-7-15(16-8-13-25-14-16)6-10-20-26(23,24)18-4-2-17(3-5-18)21-11-1-9-19-21/h1-5,8-9,11,13-15,20,22H,6-7,10,12H2. The van der Waals surface area contributed by atoms with Gasteiger partial charge in [0.2, 0.25) is 10.0 Å². The quantitative estimate of drug-likeness (QED) is 0.587. The van der Waals surface area contributed by atoms with Crippen molar-refractivity contribution in [2.45, 2.75) is 23.7 Å². The van der Waals surface area contributed by atoms with E-state index >= 15 is 0 Å². The van der Waals surface area contributed by atoms with Crippen LogP contribution < -0.4 is 4.72 Å². The van der Waals surface area contributed by atoms with Crippen molar-refractivity contribution in [3.8, 4) is 5.69 Å². The Hall–Kier alpha value is -2.00. The van der Waals surface area contributed by atoms with Crippen LogP contribution in [0.5, 0.6) is 0 Å². The van der Waals surface area contributed by atoms with E-state index in [2.05, 4.69) is 9.82 Å². The van der Waals surface area contributed by atoms with E-state index in [9.17, 15) is 13.5 Å². The van der Waals surface area contributed by atoms with Crippen LogP contribution in [0.1, 0.15) is 24.3 Å². The monoisotopic (exact) mass is 391 g/mol. The molecule has 0 aliphatic rings. The molecule has 0 aliphatic carbocycles. The lowest BCUT2D eigenvalue weighted by Gasteiger charge is -2.15. The molecular weight excluding hydrogens is 370 g/mol. The summed E-state index contributed by atoms with van der Waals surface area (Å²) in [7, 11) is -3.56. The average Bonchev–Trinajstić information content (AvgIpc) is 3.35. The Balaban J connectivity index is 1.61. The molecule has 3 aromatic rings. The molecule has 0 bridgehead atoms. The summed E-state index contributed by atoms with van der Waals surface area (Å²) in [5, 5.41) is 17.4. The van der Waals surface area contributed by atoms with Crippen LogP contribution >= 0.6 is 11.3 Å². The molecule has 0 saturated heterocycles. The summed E-state index contributed by atoms with van der Waals surface area (Å²) in [6.07, 6.45) is 4.73. The van der Waals surface area contributed by atoms with Gasteiger partial charge in [-0.15, -0.1) is 0 Å². The molecule has 1 atom stereocenters. The number of aliphatic hydroxyl groups is 1. The smallest absolute Gasteiger partial charge is 0.240 e. The summed E-state index contributed by atoms with van der Waals surface area (Å²) in [6.45, 7) is 0.409. The van der Waals surface area contributed by atoms with Crippen molar-refractivity contribution in [1.29, 1.82) is 0 Å². The minimum atomic E-state index is -3.56.